The van der Waals surface area contributed by atoms with E-state index in [0.29, 0.717) is 18.3 Å². The Morgan fingerprint density at radius 1 is 1.33 bits per heavy atom. The Morgan fingerprint density at radius 3 is 2.86 bits per heavy atom. The number of unbranched alkanes of at least 4 members (excludes halogenated alkanes) is 1. The number of amides is 1. The van der Waals surface area contributed by atoms with E-state index in [9.17, 15) is 4.79 Å². The van der Waals surface area contributed by atoms with E-state index >= 15 is 0 Å². The van der Waals surface area contributed by atoms with Crippen molar-refractivity contribution in [3.63, 3.8) is 0 Å². The molecule has 0 saturated carbocycles. The summed E-state index contributed by atoms with van der Waals surface area (Å²) in [4.78, 5) is 23.0. The number of rotatable bonds is 6. The van der Waals surface area contributed by atoms with Crippen molar-refractivity contribution in [3.8, 4) is 0 Å². The molecule has 5 heteroatoms. The summed E-state index contributed by atoms with van der Waals surface area (Å²) in [5.41, 5.74) is 0.403. The van der Waals surface area contributed by atoms with Crippen LogP contribution in [0.3, 0.4) is 0 Å². The van der Waals surface area contributed by atoms with E-state index in [1.165, 1.54) is 19.3 Å². The first-order valence-corrected chi connectivity index (χ1v) is 8.13. The number of hydrogen-bond acceptors (Lipinski definition) is 4. The van der Waals surface area contributed by atoms with Crippen LogP contribution in [0.1, 0.15) is 62.9 Å². The van der Waals surface area contributed by atoms with Crippen LogP contribution < -0.4 is 10.2 Å². The van der Waals surface area contributed by atoms with Crippen LogP contribution in [0.2, 0.25) is 0 Å². The van der Waals surface area contributed by atoms with Crippen molar-refractivity contribution in [1.29, 1.82) is 0 Å². The van der Waals surface area contributed by atoms with Crippen molar-refractivity contribution in [3.05, 3.63) is 18.1 Å². The van der Waals surface area contributed by atoms with Crippen LogP contribution in [0.4, 0.5) is 5.82 Å². The second-order valence-electron chi connectivity index (χ2n) is 5.62. The summed E-state index contributed by atoms with van der Waals surface area (Å²) in [5, 5.41) is 2.86. The van der Waals surface area contributed by atoms with Crippen molar-refractivity contribution in [2.45, 2.75) is 58.4 Å². The molecule has 1 unspecified atom stereocenters. The fourth-order valence-electron chi connectivity index (χ4n) is 2.78. The quantitative estimate of drug-likeness (QED) is 0.818. The first-order chi connectivity index (χ1) is 10.3. The Balaban J connectivity index is 1.99. The molecule has 21 heavy (non-hydrogen) atoms. The highest BCUT2D eigenvalue weighted by Gasteiger charge is 2.22. The molecule has 2 heterocycles. The summed E-state index contributed by atoms with van der Waals surface area (Å²) < 4.78 is 0. The summed E-state index contributed by atoms with van der Waals surface area (Å²) in [5.74, 6) is 0.764. The maximum Gasteiger partial charge on any atom is 0.271 e. The van der Waals surface area contributed by atoms with Crippen LogP contribution in [-0.2, 0) is 0 Å². The first-order valence-electron chi connectivity index (χ1n) is 8.13. The molecule has 5 nitrogen and oxygen atoms in total. The van der Waals surface area contributed by atoms with Crippen LogP contribution in [-0.4, -0.2) is 35.0 Å². The van der Waals surface area contributed by atoms with Crippen LogP contribution >= 0.6 is 0 Å². The Bertz CT molecular complexity index is 446. The number of anilines is 1. The van der Waals surface area contributed by atoms with Gasteiger partial charge >= 0.3 is 0 Å². The van der Waals surface area contributed by atoms with Gasteiger partial charge in [0.05, 0.1) is 12.4 Å². The second kappa shape index (κ2) is 7.96. The van der Waals surface area contributed by atoms with Gasteiger partial charge in [-0.25, -0.2) is 9.97 Å². The van der Waals surface area contributed by atoms with Gasteiger partial charge in [-0.15, -0.1) is 0 Å². The van der Waals surface area contributed by atoms with Crippen molar-refractivity contribution in [2.75, 3.05) is 18.0 Å². The minimum Gasteiger partial charge on any atom is -0.352 e. The largest absolute Gasteiger partial charge is 0.352 e. The molecule has 1 fully saturated rings. The molecule has 1 aliphatic rings. The molecule has 0 bridgehead atoms. The molecule has 1 N–H and O–H groups in total. The first kappa shape index (κ1) is 15.7. The summed E-state index contributed by atoms with van der Waals surface area (Å²) in [6.07, 6.45) is 10.2. The van der Waals surface area contributed by atoms with Gasteiger partial charge in [0.25, 0.3) is 5.91 Å². The highest BCUT2D eigenvalue weighted by molar-refractivity contribution is 5.91. The molecular weight excluding hydrogens is 264 g/mol. The molecule has 1 amide bonds. The Labute approximate surface area is 127 Å². The molecule has 1 atom stereocenters. The lowest BCUT2D eigenvalue weighted by molar-refractivity contribution is 0.0948. The van der Waals surface area contributed by atoms with Crippen molar-refractivity contribution in [2.24, 2.45) is 0 Å². The zero-order chi connectivity index (χ0) is 15.1. The van der Waals surface area contributed by atoms with E-state index in [1.54, 1.807) is 12.4 Å². The fourth-order valence-corrected chi connectivity index (χ4v) is 2.78. The predicted octanol–water partition coefficient (Wildman–Crippen LogP) is 2.78. The van der Waals surface area contributed by atoms with Gasteiger partial charge in [-0.1, -0.05) is 20.3 Å². The lowest BCUT2D eigenvalue weighted by Crippen LogP contribution is -2.39. The zero-order valence-electron chi connectivity index (χ0n) is 13.1. The van der Waals surface area contributed by atoms with Gasteiger partial charge in [0.15, 0.2) is 0 Å². The van der Waals surface area contributed by atoms with Crippen LogP contribution in [0.5, 0.6) is 0 Å². The number of piperidine rings is 1. The van der Waals surface area contributed by atoms with E-state index in [-0.39, 0.29) is 5.91 Å². The standard InChI is InChI=1S/C16H26N4O/c1-3-5-9-17-16(21)14-11-19-15(12-18-14)20-10-7-6-8-13(20)4-2/h11-13H,3-10H2,1-2H3,(H,17,21). The third-order valence-electron chi connectivity index (χ3n) is 4.08. The summed E-state index contributed by atoms with van der Waals surface area (Å²) in [6.45, 7) is 6.05. The molecule has 2 rings (SSSR count). The van der Waals surface area contributed by atoms with Gasteiger partial charge in [-0.05, 0) is 32.1 Å². The van der Waals surface area contributed by atoms with Crippen molar-refractivity contribution >= 4 is 11.7 Å². The Hall–Kier alpha value is -1.65. The zero-order valence-corrected chi connectivity index (χ0v) is 13.1. The van der Waals surface area contributed by atoms with Gasteiger partial charge in [0.1, 0.15) is 11.5 Å². The predicted molar refractivity (Wildman–Crippen MR) is 84.5 cm³/mol. The summed E-state index contributed by atoms with van der Waals surface area (Å²) in [7, 11) is 0. The third kappa shape index (κ3) is 4.16. The highest BCUT2D eigenvalue weighted by Crippen LogP contribution is 2.24. The van der Waals surface area contributed by atoms with E-state index < -0.39 is 0 Å². The van der Waals surface area contributed by atoms with Gasteiger partial charge < -0.3 is 10.2 Å². The molecular formula is C16H26N4O. The van der Waals surface area contributed by atoms with Gasteiger partial charge in [-0.3, -0.25) is 4.79 Å². The molecule has 0 radical (unpaired) electrons. The van der Waals surface area contributed by atoms with Gasteiger partial charge in [0.2, 0.25) is 0 Å². The topological polar surface area (TPSA) is 58.1 Å². The number of nitrogens with one attached hydrogen (secondary N) is 1. The molecule has 0 spiro atoms. The lowest BCUT2D eigenvalue weighted by Gasteiger charge is -2.35. The average molecular weight is 290 g/mol. The number of hydrogen-bond donors (Lipinski definition) is 1. The Morgan fingerprint density at radius 2 is 2.19 bits per heavy atom. The van der Waals surface area contributed by atoms with Crippen molar-refractivity contribution in [1.82, 2.24) is 15.3 Å². The fraction of sp³-hybridized carbons (Fsp3) is 0.688. The minimum atomic E-state index is -0.131. The van der Waals surface area contributed by atoms with E-state index in [4.69, 9.17) is 0 Å². The highest BCUT2D eigenvalue weighted by atomic mass is 16.1. The van der Waals surface area contributed by atoms with Crippen molar-refractivity contribution < 1.29 is 4.79 Å². The molecule has 1 aromatic heterocycles. The maximum absolute atomic E-state index is 11.9. The lowest BCUT2D eigenvalue weighted by atomic mass is 10.0. The smallest absolute Gasteiger partial charge is 0.271 e. The third-order valence-corrected chi connectivity index (χ3v) is 4.08. The monoisotopic (exact) mass is 290 g/mol. The molecule has 1 saturated heterocycles. The van der Waals surface area contributed by atoms with Crippen LogP contribution in [0, 0.1) is 0 Å². The molecule has 1 aliphatic heterocycles. The number of carbonyl (C=O) groups is 1. The second-order valence-corrected chi connectivity index (χ2v) is 5.62. The van der Waals surface area contributed by atoms with Crippen LogP contribution in [0.25, 0.3) is 0 Å². The van der Waals surface area contributed by atoms with E-state index in [1.807, 2.05) is 0 Å². The molecule has 0 aliphatic carbocycles. The average Bonchev–Trinajstić information content (AvgIpc) is 2.55. The Kier molecular flexibility index (Phi) is 5.96. The van der Waals surface area contributed by atoms with E-state index in [2.05, 4.69) is 34.0 Å². The number of carbonyl (C=O) groups excluding carboxylic acids is 1. The van der Waals surface area contributed by atoms with E-state index in [0.717, 1.165) is 31.6 Å². The maximum atomic E-state index is 11.9. The SMILES string of the molecule is CCCCNC(=O)c1cnc(N2CCCCC2CC)cn1. The molecule has 116 valence electrons. The number of nitrogens with zero attached hydrogens (tertiary/aromatic N) is 3. The van der Waals surface area contributed by atoms with Gasteiger partial charge in [-0.2, -0.15) is 0 Å². The minimum absolute atomic E-state index is 0.131. The molecule has 0 aromatic carbocycles. The van der Waals surface area contributed by atoms with Crippen LogP contribution in [0.15, 0.2) is 12.4 Å². The summed E-state index contributed by atoms with van der Waals surface area (Å²) in [6, 6.07) is 0.553. The molecule has 1 aromatic rings. The van der Waals surface area contributed by atoms with Gasteiger partial charge in [0, 0.05) is 19.1 Å². The number of aromatic nitrogens is 2. The summed E-state index contributed by atoms with van der Waals surface area (Å²) >= 11 is 0. The normalized spacial score (nSPS) is 18.6.